The van der Waals surface area contributed by atoms with E-state index in [1.807, 2.05) is 18.2 Å². The Labute approximate surface area is 145 Å². The van der Waals surface area contributed by atoms with E-state index in [1.54, 1.807) is 0 Å². The van der Waals surface area contributed by atoms with E-state index < -0.39 is 8.32 Å². The Morgan fingerprint density at radius 2 is 1.79 bits per heavy atom. The molecular weight excluding hydrogens is 312 g/mol. The number of H-pyrrole nitrogens is 1. The van der Waals surface area contributed by atoms with E-state index in [2.05, 4.69) is 69.2 Å². The molecule has 1 aromatic carbocycles. The number of nitrogens with zero attached hydrogens (tertiary/aromatic N) is 1. The fourth-order valence-electron chi connectivity index (χ4n) is 2.39. The molecule has 0 aliphatic rings. The van der Waals surface area contributed by atoms with Crippen LogP contribution < -0.4 is 0 Å². The predicted octanol–water partition coefficient (Wildman–Crippen LogP) is 5.75. The maximum Gasteiger partial charge on any atom is 0.192 e. The highest BCUT2D eigenvalue weighted by atomic mass is 28.4. The second-order valence-electron chi connectivity index (χ2n) is 7.83. The average molecular weight is 339 g/mol. The van der Waals surface area contributed by atoms with E-state index in [0.717, 1.165) is 22.6 Å². The molecule has 0 atom stereocenters. The molecule has 126 valence electrons. The normalized spacial score (nSPS) is 12.7. The number of rotatable bonds is 4. The number of pyridine rings is 1. The monoisotopic (exact) mass is 338 g/mol. The quantitative estimate of drug-likeness (QED) is 0.615. The Kier molecular flexibility index (Phi) is 4.36. The first kappa shape index (κ1) is 16.9. The first-order valence-corrected chi connectivity index (χ1v) is 11.4. The Bertz CT molecular complexity index is 813. The van der Waals surface area contributed by atoms with Gasteiger partial charge in [-0.15, -0.1) is 0 Å². The van der Waals surface area contributed by atoms with E-state index in [-0.39, 0.29) is 5.04 Å². The number of benzene rings is 1. The molecule has 0 aliphatic carbocycles. The summed E-state index contributed by atoms with van der Waals surface area (Å²) >= 11 is 0. The highest BCUT2D eigenvalue weighted by molar-refractivity contribution is 6.74. The second-order valence-corrected chi connectivity index (χ2v) is 12.6. The van der Waals surface area contributed by atoms with Crippen LogP contribution in [-0.2, 0) is 11.0 Å². The molecule has 0 saturated carbocycles. The van der Waals surface area contributed by atoms with Gasteiger partial charge in [-0.1, -0.05) is 45.0 Å². The number of para-hydroxylation sites is 1. The first-order chi connectivity index (χ1) is 11.3. The van der Waals surface area contributed by atoms with Crippen LogP contribution >= 0.6 is 0 Å². The van der Waals surface area contributed by atoms with Crippen molar-refractivity contribution in [3.63, 3.8) is 0 Å². The molecule has 0 fully saturated rings. The smallest absolute Gasteiger partial charge is 0.192 e. The van der Waals surface area contributed by atoms with Crippen LogP contribution in [0.4, 0.5) is 0 Å². The van der Waals surface area contributed by atoms with Crippen LogP contribution in [0.25, 0.3) is 22.3 Å². The van der Waals surface area contributed by atoms with Crippen molar-refractivity contribution >= 4 is 19.2 Å². The lowest BCUT2D eigenvalue weighted by Gasteiger charge is -2.36. The van der Waals surface area contributed by atoms with Gasteiger partial charge in [0.05, 0.1) is 23.7 Å². The van der Waals surface area contributed by atoms with Crippen LogP contribution in [0.15, 0.2) is 48.5 Å². The molecule has 2 aromatic heterocycles. The summed E-state index contributed by atoms with van der Waals surface area (Å²) in [6.45, 7) is 11.9. The second kappa shape index (κ2) is 6.19. The van der Waals surface area contributed by atoms with Gasteiger partial charge in [-0.05, 0) is 42.4 Å². The van der Waals surface area contributed by atoms with Crippen molar-refractivity contribution in [3.8, 4) is 11.4 Å². The van der Waals surface area contributed by atoms with Gasteiger partial charge in [0.15, 0.2) is 8.32 Å². The molecule has 0 spiro atoms. The maximum absolute atomic E-state index is 6.30. The SMILES string of the molecule is CC(C)(C)[Si](C)(C)OCc1cccc(-c2cc3ccccc3[nH]2)n1. The van der Waals surface area contributed by atoms with Crippen LogP contribution in [0, 0.1) is 0 Å². The first-order valence-electron chi connectivity index (χ1n) is 8.44. The molecule has 4 heteroatoms. The molecule has 0 unspecified atom stereocenters. The summed E-state index contributed by atoms with van der Waals surface area (Å²) in [5.41, 5.74) is 4.13. The standard InChI is InChI=1S/C20H26N2OSi/c1-20(2,3)24(4,5)23-14-16-10-8-12-18(21-16)19-13-15-9-6-7-11-17(15)22-19/h6-13,22H,14H2,1-5H3. The van der Waals surface area contributed by atoms with Crippen molar-refractivity contribution in [1.82, 2.24) is 9.97 Å². The number of hydrogen-bond acceptors (Lipinski definition) is 2. The molecule has 0 aliphatic heterocycles. The molecule has 3 aromatic rings. The summed E-state index contributed by atoms with van der Waals surface area (Å²) in [6.07, 6.45) is 0. The number of nitrogens with one attached hydrogen (secondary N) is 1. The average Bonchev–Trinajstić information content (AvgIpc) is 2.96. The van der Waals surface area contributed by atoms with E-state index in [4.69, 9.17) is 9.41 Å². The van der Waals surface area contributed by atoms with Crippen molar-refractivity contribution in [2.75, 3.05) is 0 Å². The van der Waals surface area contributed by atoms with Gasteiger partial charge in [0, 0.05) is 10.9 Å². The molecule has 0 radical (unpaired) electrons. The predicted molar refractivity (Wildman–Crippen MR) is 104 cm³/mol. The van der Waals surface area contributed by atoms with Crippen molar-refractivity contribution in [2.24, 2.45) is 0 Å². The fourth-order valence-corrected chi connectivity index (χ4v) is 3.33. The Morgan fingerprint density at radius 3 is 2.50 bits per heavy atom. The minimum absolute atomic E-state index is 0.210. The van der Waals surface area contributed by atoms with Gasteiger partial charge in [-0.3, -0.25) is 0 Å². The number of aromatic nitrogens is 2. The molecule has 3 nitrogen and oxygen atoms in total. The van der Waals surface area contributed by atoms with Crippen molar-refractivity contribution < 1.29 is 4.43 Å². The molecular formula is C20H26N2OSi. The number of aromatic amines is 1. The summed E-state index contributed by atoms with van der Waals surface area (Å²) in [4.78, 5) is 8.23. The van der Waals surface area contributed by atoms with E-state index >= 15 is 0 Å². The molecule has 0 bridgehead atoms. The third kappa shape index (κ3) is 3.45. The van der Waals surface area contributed by atoms with Gasteiger partial charge in [0.25, 0.3) is 0 Å². The summed E-state index contributed by atoms with van der Waals surface area (Å²) in [5, 5.41) is 1.42. The van der Waals surface area contributed by atoms with E-state index in [0.29, 0.717) is 6.61 Å². The van der Waals surface area contributed by atoms with Gasteiger partial charge in [0.1, 0.15) is 0 Å². The Balaban J connectivity index is 1.82. The lowest BCUT2D eigenvalue weighted by Crippen LogP contribution is -2.40. The van der Waals surface area contributed by atoms with E-state index in [9.17, 15) is 0 Å². The van der Waals surface area contributed by atoms with Crippen LogP contribution in [-0.4, -0.2) is 18.3 Å². The van der Waals surface area contributed by atoms with Crippen LogP contribution in [0.1, 0.15) is 26.5 Å². The topological polar surface area (TPSA) is 37.9 Å². The molecule has 1 N–H and O–H groups in total. The van der Waals surface area contributed by atoms with Gasteiger partial charge < -0.3 is 9.41 Å². The molecule has 0 amide bonds. The molecule has 24 heavy (non-hydrogen) atoms. The van der Waals surface area contributed by atoms with Crippen LogP contribution in [0.5, 0.6) is 0 Å². The summed E-state index contributed by atoms with van der Waals surface area (Å²) in [6, 6.07) is 16.6. The van der Waals surface area contributed by atoms with Crippen molar-refractivity contribution in [1.29, 1.82) is 0 Å². The maximum atomic E-state index is 6.30. The number of fused-ring (bicyclic) bond motifs is 1. The summed E-state index contributed by atoms with van der Waals surface area (Å²) in [5.74, 6) is 0. The largest absolute Gasteiger partial charge is 0.411 e. The van der Waals surface area contributed by atoms with Gasteiger partial charge in [-0.25, -0.2) is 4.98 Å². The van der Waals surface area contributed by atoms with Crippen LogP contribution in [0.3, 0.4) is 0 Å². The fraction of sp³-hybridized carbons (Fsp3) is 0.350. The zero-order chi connectivity index (χ0) is 17.4. The van der Waals surface area contributed by atoms with Crippen molar-refractivity contribution in [3.05, 3.63) is 54.2 Å². The van der Waals surface area contributed by atoms with Gasteiger partial charge >= 0.3 is 0 Å². The number of hydrogen-bond donors (Lipinski definition) is 1. The third-order valence-electron chi connectivity index (χ3n) is 5.00. The Morgan fingerprint density at radius 1 is 1.04 bits per heavy atom. The molecule has 2 heterocycles. The summed E-state index contributed by atoms with van der Waals surface area (Å²) in [7, 11) is -1.76. The lowest BCUT2D eigenvalue weighted by molar-refractivity contribution is 0.272. The summed E-state index contributed by atoms with van der Waals surface area (Å²) < 4.78 is 6.30. The van der Waals surface area contributed by atoms with Crippen molar-refractivity contribution in [2.45, 2.75) is 45.5 Å². The van der Waals surface area contributed by atoms with Crippen LogP contribution in [0.2, 0.25) is 18.1 Å². The molecule has 0 saturated heterocycles. The minimum Gasteiger partial charge on any atom is -0.411 e. The lowest BCUT2D eigenvalue weighted by atomic mass is 10.2. The Hall–Kier alpha value is -1.91. The molecule has 3 rings (SSSR count). The van der Waals surface area contributed by atoms with Gasteiger partial charge in [-0.2, -0.15) is 0 Å². The van der Waals surface area contributed by atoms with Gasteiger partial charge in [0.2, 0.25) is 0 Å². The highest BCUT2D eigenvalue weighted by Crippen LogP contribution is 2.37. The third-order valence-corrected chi connectivity index (χ3v) is 9.48. The highest BCUT2D eigenvalue weighted by Gasteiger charge is 2.37. The van der Waals surface area contributed by atoms with E-state index in [1.165, 1.54) is 5.39 Å². The zero-order valence-corrected chi connectivity index (χ0v) is 16.2. The minimum atomic E-state index is -1.76. The zero-order valence-electron chi connectivity index (χ0n) is 15.2.